The van der Waals surface area contributed by atoms with E-state index in [9.17, 15) is 14.3 Å². The van der Waals surface area contributed by atoms with Crippen LogP contribution in [0.15, 0.2) is 18.2 Å². The summed E-state index contributed by atoms with van der Waals surface area (Å²) < 4.78 is 18.7. The first-order valence-corrected chi connectivity index (χ1v) is 5.90. The van der Waals surface area contributed by atoms with Crippen LogP contribution in [-0.4, -0.2) is 36.4 Å². The van der Waals surface area contributed by atoms with Crippen molar-refractivity contribution in [1.29, 1.82) is 0 Å². The van der Waals surface area contributed by atoms with Gasteiger partial charge in [-0.1, -0.05) is 11.6 Å². The number of ether oxygens (including phenoxy) is 1. The van der Waals surface area contributed by atoms with Gasteiger partial charge in [0.05, 0.1) is 24.3 Å². The first kappa shape index (κ1) is 13.3. The standard InChI is InChI=1S/C12H13ClFNO3/c13-8-1-2-9(10(14)5-8)11(17)15-12(6-16)3-4-18-7-12/h1-2,5,16H,3-4,6-7H2,(H,15,17). The Balaban J connectivity index is 2.16. The van der Waals surface area contributed by atoms with Crippen molar-refractivity contribution in [2.24, 2.45) is 0 Å². The predicted molar refractivity (Wildman–Crippen MR) is 64.1 cm³/mol. The van der Waals surface area contributed by atoms with E-state index in [1.165, 1.54) is 12.1 Å². The number of amides is 1. The molecular formula is C12H13ClFNO3. The van der Waals surface area contributed by atoms with E-state index >= 15 is 0 Å². The van der Waals surface area contributed by atoms with E-state index in [-0.39, 0.29) is 23.8 Å². The largest absolute Gasteiger partial charge is 0.394 e. The molecule has 1 heterocycles. The van der Waals surface area contributed by atoms with Crippen LogP contribution in [0, 0.1) is 5.82 Å². The van der Waals surface area contributed by atoms with Crippen molar-refractivity contribution in [2.75, 3.05) is 19.8 Å². The van der Waals surface area contributed by atoms with Gasteiger partial charge in [0.15, 0.2) is 0 Å². The van der Waals surface area contributed by atoms with Gasteiger partial charge in [0, 0.05) is 11.6 Å². The van der Waals surface area contributed by atoms with Gasteiger partial charge in [0.1, 0.15) is 5.82 Å². The van der Waals surface area contributed by atoms with Crippen molar-refractivity contribution in [3.8, 4) is 0 Å². The summed E-state index contributed by atoms with van der Waals surface area (Å²) in [6.07, 6.45) is 0.504. The fourth-order valence-electron chi connectivity index (χ4n) is 1.85. The zero-order chi connectivity index (χ0) is 13.2. The predicted octanol–water partition coefficient (Wildman–Crippen LogP) is 1.36. The third-order valence-corrected chi connectivity index (χ3v) is 3.20. The Morgan fingerprint density at radius 2 is 2.39 bits per heavy atom. The smallest absolute Gasteiger partial charge is 0.254 e. The summed E-state index contributed by atoms with van der Waals surface area (Å²) in [7, 11) is 0. The highest BCUT2D eigenvalue weighted by molar-refractivity contribution is 6.30. The number of rotatable bonds is 3. The van der Waals surface area contributed by atoms with Gasteiger partial charge in [-0.25, -0.2) is 4.39 Å². The highest BCUT2D eigenvalue weighted by Gasteiger charge is 2.36. The second-order valence-electron chi connectivity index (χ2n) is 4.32. The van der Waals surface area contributed by atoms with Gasteiger partial charge in [-0.15, -0.1) is 0 Å². The number of aliphatic hydroxyl groups excluding tert-OH is 1. The lowest BCUT2D eigenvalue weighted by molar-refractivity contribution is 0.0786. The zero-order valence-corrected chi connectivity index (χ0v) is 10.3. The van der Waals surface area contributed by atoms with Crippen molar-refractivity contribution in [1.82, 2.24) is 5.32 Å². The number of nitrogens with one attached hydrogen (secondary N) is 1. The number of halogens is 2. The van der Waals surface area contributed by atoms with Crippen LogP contribution in [0.1, 0.15) is 16.8 Å². The molecule has 1 atom stereocenters. The van der Waals surface area contributed by atoms with Crippen LogP contribution in [0.25, 0.3) is 0 Å². The fourth-order valence-corrected chi connectivity index (χ4v) is 2.01. The van der Waals surface area contributed by atoms with Crippen LogP contribution in [-0.2, 0) is 4.74 Å². The molecule has 1 fully saturated rings. The molecule has 0 radical (unpaired) electrons. The third kappa shape index (κ3) is 2.63. The van der Waals surface area contributed by atoms with Crippen LogP contribution >= 0.6 is 11.6 Å². The van der Waals surface area contributed by atoms with Crippen molar-refractivity contribution in [3.63, 3.8) is 0 Å². The monoisotopic (exact) mass is 273 g/mol. The van der Waals surface area contributed by atoms with E-state index in [0.29, 0.717) is 13.0 Å². The Hall–Kier alpha value is -1.17. The number of benzene rings is 1. The molecule has 1 aromatic carbocycles. The molecule has 1 aromatic rings. The van der Waals surface area contributed by atoms with Gasteiger partial charge in [-0.3, -0.25) is 4.79 Å². The highest BCUT2D eigenvalue weighted by atomic mass is 35.5. The zero-order valence-electron chi connectivity index (χ0n) is 9.58. The molecule has 0 aliphatic carbocycles. The molecule has 1 unspecified atom stereocenters. The lowest BCUT2D eigenvalue weighted by Gasteiger charge is -2.26. The molecule has 1 aliphatic rings. The summed E-state index contributed by atoms with van der Waals surface area (Å²) in [6, 6.07) is 3.83. The second kappa shape index (κ2) is 5.22. The van der Waals surface area contributed by atoms with E-state index in [4.69, 9.17) is 16.3 Å². The van der Waals surface area contributed by atoms with E-state index < -0.39 is 17.3 Å². The summed E-state index contributed by atoms with van der Waals surface area (Å²) in [5.74, 6) is -1.27. The maximum Gasteiger partial charge on any atom is 0.254 e. The third-order valence-electron chi connectivity index (χ3n) is 2.96. The highest BCUT2D eigenvalue weighted by Crippen LogP contribution is 2.20. The quantitative estimate of drug-likeness (QED) is 0.874. The number of carbonyl (C=O) groups is 1. The van der Waals surface area contributed by atoms with Gasteiger partial charge in [0.25, 0.3) is 5.91 Å². The van der Waals surface area contributed by atoms with Crippen molar-refractivity contribution < 1.29 is 19.0 Å². The van der Waals surface area contributed by atoms with Crippen LogP contribution < -0.4 is 5.32 Å². The number of hydrogen-bond acceptors (Lipinski definition) is 3. The maximum atomic E-state index is 13.6. The first-order chi connectivity index (χ1) is 8.56. The summed E-state index contributed by atoms with van der Waals surface area (Å²) in [5.41, 5.74) is -0.914. The molecule has 2 rings (SSSR count). The van der Waals surface area contributed by atoms with Gasteiger partial charge < -0.3 is 15.2 Å². The summed E-state index contributed by atoms with van der Waals surface area (Å²) in [6.45, 7) is 0.447. The molecule has 6 heteroatoms. The Morgan fingerprint density at radius 3 is 2.94 bits per heavy atom. The summed E-state index contributed by atoms with van der Waals surface area (Å²) in [4.78, 5) is 11.9. The number of carbonyl (C=O) groups excluding carboxylic acids is 1. The molecule has 98 valence electrons. The Labute approximate surface area is 109 Å². The number of hydrogen-bond donors (Lipinski definition) is 2. The Morgan fingerprint density at radius 1 is 1.61 bits per heavy atom. The molecule has 18 heavy (non-hydrogen) atoms. The lowest BCUT2D eigenvalue weighted by atomic mass is 9.99. The van der Waals surface area contributed by atoms with Crippen molar-refractivity contribution in [2.45, 2.75) is 12.0 Å². The van der Waals surface area contributed by atoms with Gasteiger partial charge in [-0.05, 0) is 24.6 Å². The van der Waals surface area contributed by atoms with Gasteiger partial charge in [-0.2, -0.15) is 0 Å². The van der Waals surface area contributed by atoms with E-state index in [0.717, 1.165) is 6.07 Å². The first-order valence-electron chi connectivity index (χ1n) is 5.52. The number of aliphatic hydroxyl groups is 1. The van der Waals surface area contributed by atoms with Gasteiger partial charge >= 0.3 is 0 Å². The molecule has 1 saturated heterocycles. The lowest BCUT2D eigenvalue weighted by Crippen LogP contribution is -2.52. The SMILES string of the molecule is O=C(NC1(CO)CCOC1)c1ccc(Cl)cc1F. The summed E-state index contributed by atoms with van der Waals surface area (Å²) >= 11 is 5.61. The molecular weight excluding hydrogens is 261 g/mol. The molecule has 0 aromatic heterocycles. The minimum atomic E-state index is -0.816. The Kier molecular flexibility index (Phi) is 3.85. The van der Waals surface area contributed by atoms with Crippen LogP contribution in [0.5, 0.6) is 0 Å². The average Bonchev–Trinajstić information content (AvgIpc) is 2.78. The van der Waals surface area contributed by atoms with Crippen molar-refractivity contribution >= 4 is 17.5 Å². The normalized spacial score (nSPS) is 23.1. The van der Waals surface area contributed by atoms with Gasteiger partial charge in [0.2, 0.25) is 0 Å². The molecule has 1 aliphatic heterocycles. The molecule has 0 saturated carbocycles. The van der Waals surface area contributed by atoms with Crippen LogP contribution in [0.4, 0.5) is 4.39 Å². The fraction of sp³-hybridized carbons (Fsp3) is 0.417. The topological polar surface area (TPSA) is 58.6 Å². The van der Waals surface area contributed by atoms with Crippen LogP contribution in [0.2, 0.25) is 5.02 Å². The second-order valence-corrected chi connectivity index (χ2v) is 4.76. The molecule has 0 bridgehead atoms. The molecule has 1 amide bonds. The van der Waals surface area contributed by atoms with E-state index in [1.807, 2.05) is 0 Å². The molecule has 0 spiro atoms. The maximum absolute atomic E-state index is 13.6. The van der Waals surface area contributed by atoms with E-state index in [2.05, 4.69) is 5.32 Å². The minimum absolute atomic E-state index is 0.0980. The summed E-state index contributed by atoms with van der Waals surface area (Å²) in [5, 5.41) is 12.2. The molecule has 2 N–H and O–H groups in total. The minimum Gasteiger partial charge on any atom is -0.394 e. The van der Waals surface area contributed by atoms with Crippen molar-refractivity contribution in [3.05, 3.63) is 34.6 Å². The Bertz CT molecular complexity index is 461. The van der Waals surface area contributed by atoms with E-state index in [1.54, 1.807) is 0 Å². The molecule has 4 nitrogen and oxygen atoms in total. The van der Waals surface area contributed by atoms with Crippen LogP contribution in [0.3, 0.4) is 0 Å². The average molecular weight is 274 g/mol.